The van der Waals surface area contributed by atoms with Gasteiger partial charge in [0, 0.05) is 18.9 Å². The molecule has 5 nitrogen and oxygen atoms in total. The van der Waals surface area contributed by atoms with Crippen LogP contribution in [0.1, 0.15) is 10.5 Å². The van der Waals surface area contributed by atoms with Gasteiger partial charge in [-0.05, 0) is 24.3 Å². The Labute approximate surface area is 97.0 Å². The Morgan fingerprint density at radius 3 is 2.88 bits per heavy atom. The Bertz CT molecular complexity index is 564. The maximum absolute atomic E-state index is 13.6. The number of aromatic nitrogens is 2. The maximum Gasteiger partial charge on any atom is 0.271 e. The first-order valence-corrected chi connectivity index (χ1v) is 4.95. The molecule has 0 saturated carbocycles. The molecule has 0 bridgehead atoms. The van der Waals surface area contributed by atoms with E-state index in [1.165, 1.54) is 36.1 Å². The summed E-state index contributed by atoms with van der Waals surface area (Å²) in [6, 6.07) is 5.79. The molecule has 1 aromatic carbocycles. The molecule has 88 valence electrons. The molecule has 0 saturated heterocycles. The highest BCUT2D eigenvalue weighted by Gasteiger charge is 2.10. The van der Waals surface area contributed by atoms with E-state index in [1.807, 2.05) is 0 Å². The molecule has 0 aliphatic heterocycles. The number of benzene rings is 1. The summed E-state index contributed by atoms with van der Waals surface area (Å²) >= 11 is 0. The van der Waals surface area contributed by atoms with Gasteiger partial charge in [0.25, 0.3) is 5.91 Å². The van der Waals surface area contributed by atoms with E-state index >= 15 is 0 Å². The Morgan fingerprint density at radius 1 is 1.47 bits per heavy atom. The van der Waals surface area contributed by atoms with Crippen molar-refractivity contribution < 1.29 is 9.18 Å². The molecule has 17 heavy (non-hydrogen) atoms. The molecule has 3 N–H and O–H groups in total. The third-order valence-corrected chi connectivity index (χ3v) is 2.27. The van der Waals surface area contributed by atoms with E-state index in [1.54, 1.807) is 6.07 Å². The van der Waals surface area contributed by atoms with Gasteiger partial charge in [0.15, 0.2) is 11.5 Å². The Hall–Kier alpha value is -2.37. The molecule has 1 aromatic heterocycles. The first kappa shape index (κ1) is 11.1. The monoisotopic (exact) mass is 234 g/mol. The topological polar surface area (TPSA) is 72.9 Å². The molecule has 0 aliphatic rings. The van der Waals surface area contributed by atoms with Gasteiger partial charge in [0.1, 0.15) is 5.69 Å². The van der Waals surface area contributed by atoms with Crippen LogP contribution in [0.2, 0.25) is 0 Å². The van der Waals surface area contributed by atoms with Gasteiger partial charge in [-0.25, -0.2) is 9.07 Å². The third kappa shape index (κ3) is 2.10. The molecule has 0 aliphatic carbocycles. The average molecular weight is 234 g/mol. The minimum atomic E-state index is -0.489. The van der Waals surface area contributed by atoms with Gasteiger partial charge >= 0.3 is 0 Å². The average Bonchev–Trinajstić information content (AvgIpc) is 2.77. The van der Waals surface area contributed by atoms with Crippen molar-refractivity contribution in [3.8, 4) is 5.69 Å². The lowest BCUT2D eigenvalue weighted by molar-refractivity contribution is 0.0957. The van der Waals surface area contributed by atoms with E-state index in [9.17, 15) is 9.18 Å². The quantitative estimate of drug-likeness (QED) is 0.760. The fourth-order valence-corrected chi connectivity index (χ4v) is 1.42. The Kier molecular flexibility index (Phi) is 2.78. The van der Waals surface area contributed by atoms with Crippen molar-refractivity contribution in [2.24, 2.45) is 0 Å². The van der Waals surface area contributed by atoms with Crippen LogP contribution < -0.4 is 11.1 Å². The Morgan fingerprint density at radius 2 is 2.24 bits per heavy atom. The number of amides is 1. The predicted octanol–water partition coefficient (Wildman–Crippen LogP) is 0.953. The van der Waals surface area contributed by atoms with Crippen molar-refractivity contribution >= 4 is 11.6 Å². The minimum absolute atomic E-state index is 0.226. The summed E-state index contributed by atoms with van der Waals surface area (Å²) in [7, 11) is 1.51. The summed E-state index contributed by atoms with van der Waals surface area (Å²) in [5, 5.41) is 6.41. The van der Waals surface area contributed by atoms with Crippen LogP contribution >= 0.6 is 0 Å². The molecule has 6 heteroatoms. The van der Waals surface area contributed by atoms with Crippen molar-refractivity contribution in [3.63, 3.8) is 0 Å². The van der Waals surface area contributed by atoms with E-state index in [2.05, 4.69) is 10.4 Å². The summed E-state index contributed by atoms with van der Waals surface area (Å²) < 4.78 is 14.9. The maximum atomic E-state index is 13.6. The molecule has 1 heterocycles. The molecule has 0 radical (unpaired) electrons. The second-order valence-electron chi connectivity index (χ2n) is 3.44. The largest absolute Gasteiger partial charge is 0.399 e. The second kappa shape index (κ2) is 4.25. The number of halogens is 1. The lowest BCUT2D eigenvalue weighted by atomic mass is 10.3. The van der Waals surface area contributed by atoms with Crippen molar-refractivity contribution in [2.75, 3.05) is 12.8 Å². The zero-order valence-corrected chi connectivity index (χ0v) is 9.14. The van der Waals surface area contributed by atoms with E-state index in [4.69, 9.17) is 5.73 Å². The highest BCUT2D eigenvalue weighted by Crippen LogP contribution is 2.15. The molecule has 0 atom stereocenters. The highest BCUT2D eigenvalue weighted by molar-refractivity contribution is 5.91. The van der Waals surface area contributed by atoms with Crippen molar-refractivity contribution in [2.45, 2.75) is 0 Å². The van der Waals surface area contributed by atoms with Crippen LogP contribution in [-0.4, -0.2) is 22.7 Å². The van der Waals surface area contributed by atoms with Gasteiger partial charge in [0.05, 0.1) is 0 Å². The van der Waals surface area contributed by atoms with E-state index in [0.717, 1.165) is 0 Å². The standard InChI is InChI=1S/C11H11FN4O/c1-14-11(17)9-4-5-16(15-9)10-3-2-7(13)6-8(10)12/h2-6H,13H2,1H3,(H,14,17). The number of carbonyl (C=O) groups is 1. The lowest BCUT2D eigenvalue weighted by Gasteiger charge is -2.03. The number of nitrogens with two attached hydrogens (primary N) is 1. The summed E-state index contributed by atoms with van der Waals surface area (Å²) in [5.41, 5.74) is 6.26. The molecular weight excluding hydrogens is 223 g/mol. The van der Waals surface area contributed by atoms with Crippen LogP contribution in [0.4, 0.5) is 10.1 Å². The van der Waals surface area contributed by atoms with Crippen LogP contribution in [0.5, 0.6) is 0 Å². The number of nitrogens with zero attached hydrogens (tertiary/aromatic N) is 2. The van der Waals surface area contributed by atoms with E-state index in [-0.39, 0.29) is 17.3 Å². The number of rotatable bonds is 2. The summed E-state index contributed by atoms with van der Waals surface area (Å²) in [6.07, 6.45) is 1.51. The van der Waals surface area contributed by atoms with Crippen molar-refractivity contribution in [3.05, 3.63) is 42.0 Å². The smallest absolute Gasteiger partial charge is 0.271 e. The third-order valence-electron chi connectivity index (χ3n) is 2.27. The van der Waals surface area contributed by atoms with Crippen LogP contribution in [0.3, 0.4) is 0 Å². The zero-order valence-electron chi connectivity index (χ0n) is 9.14. The number of nitrogen functional groups attached to an aromatic ring is 1. The molecular formula is C11H11FN4O. The zero-order chi connectivity index (χ0) is 12.4. The summed E-state index contributed by atoms with van der Waals surface area (Å²) in [6.45, 7) is 0. The molecule has 1 amide bonds. The molecule has 0 spiro atoms. The van der Waals surface area contributed by atoms with Crippen LogP contribution in [0, 0.1) is 5.82 Å². The van der Waals surface area contributed by atoms with Crippen LogP contribution in [-0.2, 0) is 0 Å². The van der Waals surface area contributed by atoms with Crippen LogP contribution in [0.25, 0.3) is 5.69 Å². The number of hydrogen-bond acceptors (Lipinski definition) is 3. The highest BCUT2D eigenvalue weighted by atomic mass is 19.1. The van der Waals surface area contributed by atoms with E-state index in [0.29, 0.717) is 5.69 Å². The first-order chi connectivity index (χ1) is 8.11. The minimum Gasteiger partial charge on any atom is -0.399 e. The van der Waals surface area contributed by atoms with Gasteiger partial charge in [-0.1, -0.05) is 0 Å². The van der Waals surface area contributed by atoms with Gasteiger partial charge in [-0.15, -0.1) is 0 Å². The van der Waals surface area contributed by atoms with Crippen molar-refractivity contribution in [1.29, 1.82) is 0 Å². The molecule has 0 unspecified atom stereocenters. The number of carbonyl (C=O) groups excluding carboxylic acids is 1. The predicted molar refractivity (Wildman–Crippen MR) is 61.3 cm³/mol. The van der Waals surface area contributed by atoms with Gasteiger partial charge in [-0.3, -0.25) is 4.79 Å². The lowest BCUT2D eigenvalue weighted by Crippen LogP contribution is -2.18. The van der Waals surface area contributed by atoms with Gasteiger partial charge < -0.3 is 11.1 Å². The summed E-state index contributed by atoms with van der Waals surface area (Å²) in [5.74, 6) is -0.809. The molecule has 2 rings (SSSR count). The molecule has 0 fully saturated rings. The fourth-order valence-electron chi connectivity index (χ4n) is 1.42. The second-order valence-corrected chi connectivity index (χ2v) is 3.44. The first-order valence-electron chi connectivity index (χ1n) is 4.95. The van der Waals surface area contributed by atoms with Gasteiger partial charge in [-0.2, -0.15) is 5.10 Å². The normalized spacial score (nSPS) is 10.2. The van der Waals surface area contributed by atoms with Gasteiger partial charge in [0.2, 0.25) is 0 Å². The Balaban J connectivity index is 2.40. The fraction of sp³-hybridized carbons (Fsp3) is 0.0909. The number of nitrogens with one attached hydrogen (secondary N) is 1. The van der Waals surface area contributed by atoms with Crippen molar-refractivity contribution in [1.82, 2.24) is 15.1 Å². The summed E-state index contributed by atoms with van der Waals surface area (Å²) in [4.78, 5) is 11.3. The number of hydrogen-bond donors (Lipinski definition) is 2. The number of anilines is 1. The molecule has 2 aromatic rings. The SMILES string of the molecule is CNC(=O)c1ccn(-c2ccc(N)cc2F)n1. The van der Waals surface area contributed by atoms with Crippen LogP contribution in [0.15, 0.2) is 30.5 Å². The van der Waals surface area contributed by atoms with E-state index < -0.39 is 5.82 Å².